The number of esters is 1. The Morgan fingerprint density at radius 3 is 2.28 bits per heavy atom. The van der Waals surface area contributed by atoms with E-state index in [0.29, 0.717) is 0 Å². The summed E-state index contributed by atoms with van der Waals surface area (Å²) in [6, 6.07) is 4.20. The molecule has 1 heterocycles. The smallest absolute Gasteiger partial charge is 0.339 e. The van der Waals surface area contributed by atoms with E-state index >= 15 is 0 Å². The molecule has 1 unspecified atom stereocenters. The minimum Gasteiger partial charge on any atom is -0.467 e. The van der Waals surface area contributed by atoms with E-state index in [1.54, 1.807) is 14.1 Å². The summed E-state index contributed by atoms with van der Waals surface area (Å²) in [4.78, 5) is 39.7. The SMILES string of the molecule is COC(=O)C(SC)N(C(=O)NS(=O)(=O)c1ccccc1Cl)c1nc(OC)nc(N(C)C)n1. The number of amides is 2. The van der Waals surface area contributed by atoms with Crippen molar-refractivity contribution in [1.82, 2.24) is 19.7 Å². The summed E-state index contributed by atoms with van der Waals surface area (Å²) >= 11 is 6.87. The fourth-order valence-electron chi connectivity index (χ4n) is 2.33. The van der Waals surface area contributed by atoms with Crippen molar-refractivity contribution in [2.75, 3.05) is 44.4 Å². The van der Waals surface area contributed by atoms with Gasteiger partial charge in [0.2, 0.25) is 11.9 Å². The lowest BCUT2D eigenvalue weighted by Crippen LogP contribution is -2.51. The fourth-order valence-corrected chi connectivity index (χ4v) is 4.48. The molecule has 1 aromatic carbocycles. The van der Waals surface area contributed by atoms with E-state index in [0.717, 1.165) is 23.8 Å². The van der Waals surface area contributed by atoms with Gasteiger partial charge in [0.15, 0.2) is 5.37 Å². The van der Waals surface area contributed by atoms with Crippen LogP contribution in [0.1, 0.15) is 0 Å². The zero-order valence-corrected chi connectivity index (χ0v) is 20.2. The predicted octanol–water partition coefficient (Wildman–Crippen LogP) is 1.37. The topological polar surface area (TPSA) is 144 Å². The zero-order valence-electron chi connectivity index (χ0n) is 17.8. The maximum atomic E-state index is 13.2. The number of aromatic nitrogens is 3. The summed E-state index contributed by atoms with van der Waals surface area (Å²) in [6.45, 7) is 0. The molecule has 0 bridgehead atoms. The van der Waals surface area contributed by atoms with Crippen LogP contribution in [-0.2, 0) is 19.6 Å². The van der Waals surface area contributed by atoms with Gasteiger partial charge in [-0.25, -0.2) is 27.6 Å². The molecular formula is C17H21ClN6O6S2. The Labute approximate surface area is 194 Å². The molecule has 0 aliphatic heterocycles. The van der Waals surface area contributed by atoms with Gasteiger partial charge < -0.3 is 14.4 Å². The van der Waals surface area contributed by atoms with Gasteiger partial charge >= 0.3 is 18.0 Å². The van der Waals surface area contributed by atoms with Crippen LogP contribution < -0.4 is 19.3 Å². The molecule has 0 spiro atoms. The Bertz CT molecular complexity index is 1100. The highest BCUT2D eigenvalue weighted by atomic mass is 35.5. The van der Waals surface area contributed by atoms with E-state index in [9.17, 15) is 18.0 Å². The normalized spacial score (nSPS) is 11.9. The van der Waals surface area contributed by atoms with Crippen LogP contribution >= 0.6 is 23.4 Å². The summed E-state index contributed by atoms with van der Waals surface area (Å²) in [7, 11) is 1.29. The second-order valence-electron chi connectivity index (χ2n) is 6.14. The molecule has 32 heavy (non-hydrogen) atoms. The van der Waals surface area contributed by atoms with Crippen LogP contribution in [0.5, 0.6) is 6.01 Å². The van der Waals surface area contributed by atoms with Crippen molar-refractivity contribution in [1.29, 1.82) is 0 Å². The van der Waals surface area contributed by atoms with Gasteiger partial charge in [-0.2, -0.15) is 15.0 Å². The number of anilines is 2. The van der Waals surface area contributed by atoms with Crippen LogP contribution in [0.25, 0.3) is 0 Å². The number of benzene rings is 1. The Kier molecular flexibility index (Phi) is 8.46. The number of hydrogen-bond acceptors (Lipinski definition) is 11. The summed E-state index contributed by atoms with van der Waals surface area (Å²) in [6.07, 6.45) is 1.52. The first-order valence-corrected chi connectivity index (χ1v) is 11.9. The maximum Gasteiger partial charge on any atom is 0.339 e. The van der Waals surface area contributed by atoms with E-state index in [-0.39, 0.29) is 27.8 Å². The van der Waals surface area contributed by atoms with Gasteiger partial charge in [0.05, 0.1) is 19.2 Å². The lowest BCUT2D eigenvalue weighted by molar-refractivity contribution is -0.139. The van der Waals surface area contributed by atoms with E-state index < -0.39 is 27.4 Å². The van der Waals surface area contributed by atoms with Crippen molar-refractivity contribution in [3.63, 3.8) is 0 Å². The van der Waals surface area contributed by atoms with Crippen molar-refractivity contribution in [3.8, 4) is 6.01 Å². The van der Waals surface area contributed by atoms with Gasteiger partial charge in [-0.15, -0.1) is 11.8 Å². The molecule has 2 rings (SSSR count). The van der Waals surface area contributed by atoms with Crippen LogP contribution in [0.4, 0.5) is 16.7 Å². The molecule has 0 aliphatic rings. The van der Waals surface area contributed by atoms with E-state index in [2.05, 4.69) is 15.0 Å². The largest absolute Gasteiger partial charge is 0.467 e. The van der Waals surface area contributed by atoms with Gasteiger partial charge in [-0.1, -0.05) is 23.7 Å². The van der Waals surface area contributed by atoms with Gasteiger partial charge in [0.25, 0.3) is 10.0 Å². The van der Waals surface area contributed by atoms with Crippen molar-refractivity contribution in [2.45, 2.75) is 10.3 Å². The highest BCUT2D eigenvalue weighted by Crippen LogP contribution is 2.25. The average molecular weight is 505 g/mol. The molecule has 15 heteroatoms. The molecule has 0 radical (unpaired) electrons. The van der Waals surface area contributed by atoms with Crippen LogP contribution in [0, 0.1) is 0 Å². The fraction of sp³-hybridized carbons (Fsp3) is 0.353. The maximum absolute atomic E-state index is 13.2. The molecule has 0 fully saturated rings. The van der Waals surface area contributed by atoms with Gasteiger partial charge in [-0.05, 0) is 18.4 Å². The molecule has 12 nitrogen and oxygen atoms in total. The molecule has 0 saturated carbocycles. The lowest BCUT2D eigenvalue weighted by Gasteiger charge is -2.27. The Balaban J connectivity index is 2.60. The third-order valence-electron chi connectivity index (χ3n) is 3.82. The zero-order chi connectivity index (χ0) is 24.1. The molecule has 1 atom stereocenters. The average Bonchev–Trinajstić information content (AvgIpc) is 2.75. The number of methoxy groups -OCH3 is 2. The minimum absolute atomic E-state index is 0.0922. The van der Waals surface area contributed by atoms with E-state index in [1.807, 2.05) is 4.72 Å². The molecule has 0 aliphatic carbocycles. The van der Waals surface area contributed by atoms with E-state index in [4.69, 9.17) is 21.1 Å². The highest BCUT2D eigenvalue weighted by molar-refractivity contribution is 8.00. The summed E-state index contributed by atoms with van der Waals surface area (Å²) in [5.74, 6) is -1.07. The van der Waals surface area contributed by atoms with Crippen molar-refractivity contribution in [2.24, 2.45) is 0 Å². The van der Waals surface area contributed by atoms with Crippen LogP contribution in [0.3, 0.4) is 0 Å². The van der Waals surface area contributed by atoms with Gasteiger partial charge in [-0.3, -0.25) is 0 Å². The summed E-state index contributed by atoms with van der Waals surface area (Å²) in [5, 5.41) is -1.42. The number of ether oxygens (including phenoxy) is 2. The monoisotopic (exact) mass is 504 g/mol. The van der Waals surface area contributed by atoms with Crippen LogP contribution in [-0.4, -0.2) is 75.3 Å². The quantitative estimate of drug-likeness (QED) is 0.411. The number of nitrogens with one attached hydrogen (secondary N) is 1. The van der Waals surface area contributed by atoms with Gasteiger partial charge in [0.1, 0.15) is 4.90 Å². The molecule has 174 valence electrons. The predicted molar refractivity (Wildman–Crippen MR) is 120 cm³/mol. The number of nitrogens with zero attached hydrogens (tertiary/aromatic N) is 5. The highest BCUT2D eigenvalue weighted by Gasteiger charge is 2.37. The second-order valence-corrected chi connectivity index (χ2v) is 9.11. The number of rotatable bonds is 8. The van der Waals surface area contributed by atoms with E-state index in [1.165, 1.54) is 42.5 Å². The van der Waals surface area contributed by atoms with Crippen LogP contribution in [0.15, 0.2) is 29.2 Å². The molecule has 1 aromatic heterocycles. The number of carbonyl (C=O) groups excluding carboxylic acids is 2. The van der Waals surface area contributed by atoms with Crippen molar-refractivity contribution < 1.29 is 27.5 Å². The Morgan fingerprint density at radius 1 is 1.12 bits per heavy atom. The molecule has 0 saturated heterocycles. The first-order valence-electron chi connectivity index (χ1n) is 8.74. The number of sulfonamides is 1. The van der Waals surface area contributed by atoms with Crippen molar-refractivity contribution >= 4 is 57.3 Å². The number of urea groups is 1. The van der Waals surface area contributed by atoms with Gasteiger partial charge in [0, 0.05) is 14.1 Å². The Morgan fingerprint density at radius 2 is 1.75 bits per heavy atom. The second kappa shape index (κ2) is 10.7. The lowest BCUT2D eigenvalue weighted by atomic mass is 10.4. The Hall–Kier alpha value is -2.84. The summed E-state index contributed by atoms with van der Waals surface area (Å²) < 4.78 is 37.3. The third kappa shape index (κ3) is 5.69. The molecule has 2 aromatic rings. The number of thioether (sulfide) groups is 1. The first-order chi connectivity index (χ1) is 15.0. The molecular weight excluding hydrogens is 484 g/mol. The first kappa shape index (κ1) is 25.4. The third-order valence-corrected chi connectivity index (χ3v) is 6.49. The number of hydrogen-bond donors (Lipinski definition) is 1. The van der Waals surface area contributed by atoms with Crippen molar-refractivity contribution in [3.05, 3.63) is 29.3 Å². The molecule has 1 N–H and O–H groups in total. The standard InChI is InChI=1S/C17H21ClN6O6S2/c1-23(2)14-19-15(21-16(20-14)30-4)24(12(31-5)13(25)29-3)17(26)22-32(27,28)11-9-7-6-8-10(11)18/h6-9,12H,1-5H3,(H,22,26). The number of halogens is 1. The molecule has 2 amide bonds. The minimum atomic E-state index is -4.41. The van der Waals surface area contributed by atoms with Crippen LogP contribution in [0.2, 0.25) is 5.02 Å². The number of carbonyl (C=O) groups is 2. The summed E-state index contributed by atoms with van der Waals surface area (Å²) in [5.41, 5.74) is 0.